The Morgan fingerprint density at radius 1 is 1.53 bits per heavy atom. The zero-order valence-corrected chi connectivity index (χ0v) is 11.7. The molecule has 1 aromatic rings. The summed E-state index contributed by atoms with van der Waals surface area (Å²) in [7, 11) is 1.82. The largest absolute Gasteiger partial charge is 0.383 e. The molecule has 1 unspecified atom stereocenters. The van der Waals surface area contributed by atoms with Crippen molar-refractivity contribution in [2.45, 2.75) is 24.5 Å². The highest BCUT2D eigenvalue weighted by Crippen LogP contribution is 2.38. The third kappa shape index (κ3) is 2.96. The van der Waals surface area contributed by atoms with Crippen molar-refractivity contribution in [2.75, 3.05) is 30.0 Å². The van der Waals surface area contributed by atoms with Gasteiger partial charge in [-0.15, -0.1) is 0 Å². The second kappa shape index (κ2) is 5.31. The van der Waals surface area contributed by atoms with Crippen LogP contribution in [-0.2, 0) is 0 Å². The van der Waals surface area contributed by atoms with Gasteiger partial charge in [-0.25, -0.2) is 9.97 Å². The van der Waals surface area contributed by atoms with Crippen LogP contribution in [0.3, 0.4) is 0 Å². The Kier molecular flexibility index (Phi) is 3.99. The van der Waals surface area contributed by atoms with Crippen molar-refractivity contribution in [1.29, 1.82) is 0 Å². The van der Waals surface area contributed by atoms with Gasteiger partial charge in [-0.1, -0.05) is 11.6 Å². The highest BCUT2D eigenvalue weighted by Gasteiger charge is 2.29. The molecule has 0 bridgehead atoms. The smallest absolute Gasteiger partial charge is 0.157 e. The van der Waals surface area contributed by atoms with E-state index in [2.05, 4.69) is 27.5 Å². The predicted molar refractivity (Wildman–Crippen MR) is 75.2 cm³/mol. The van der Waals surface area contributed by atoms with Gasteiger partial charge in [-0.05, 0) is 25.5 Å². The van der Waals surface area contributed by atoms with E-state index >= 15 is 0 Å². The monoisotopic (exact) mass is 272 g/mol. The van der Waals surface area contributed by atoms with Gasteiger partial charge in [0.2, 0.25) is 0 Å². The molecule has 0 spiro atoms. The summed E-state index contributed by atoms with van der Waals surface area (Å²) in [5.74, 6) is 2.03. The first-order chi connectivity index (χ1) is 8.14. The van der Waals surface area contributed by atoms with Crippen molar-refractivity contribution in [1.82, 2.24) is 9.97 Å². The first-order valence-corrected chi connectivity index (χ1v) is 7.07. The molecular weight excluding hydrogens is 256 g/mol. The minimum absolute atomic E-state index is 0.308. The molecule has 0 amide bonds. The maximum atomic E-state index is 6.00. The topological polar surface area (TPSA) is 49.8 Å². The highest BCUT2D eigenvalue weighted by atomic mass is 35.5. The molecule has 0 radical (unpaired) electrons. The maximum absolute atomic E-state index is 6.00. The van der Waals surface area contributed by atoms with Crippen molar-refractivity contribution in [3.05, 3.63) is 11.5 Å². The molecule has 1 atom stereocenters. The Bertz CT molecular complexity index is 393. The molecule has 94 valence electrons. The predicted octanol–water partition coefficient (Wildman–Crippen LogP) is 2.87. The van der Waals surface area contributed by atoms with E-state index in [-0.39, 0.29) is 0 Å². The molecule has 1 aromatic heterocycles. The molecule has 17 heavy (non-hydrogen) atoms. The van der Waals surface area contributed by atoms with Gasteiger partial charge in [0, 0.05) is 18.3 Å². The molecule has 0 aromatic carbocycles. The summed E-state index contributed by atoms with van der Waals surface area (Å²) >= 11 is 8.02. The molecular formula is C11H17ClN4S. The number of halogens is 1. The van der Waals surface area contributed by atoms with E-state index in [1.165, 1.54) is 24.9 Å². The average molecular weight is 273 g/mol. The molecule has 6 heteroatoms. The Balaban J connectivity index is 2.06. The summed E-state index contributed by atoms with van der Waals surface area (Å²) in [6, 6.07) is 0. The van der Waals surface area contributed by atoms with Crippen LogP contribution in [0.1, 0.15) is 19.8 Å². The Labute approximate surface area is 111 Å². The first kappa shape index (κ1) is 12.8. The van der Waals surface area contributed by atoms with Crippen molar-refractivity contribution in [3.63, 3.8) is 0 Å². The zero-order valence-electron chi connectivity index (χ0n) is 10.1. The number of nitrogens with one attached hydrogen (secondary N) is 2. The van der Waals surface area contributed by atoms with Crippen LogP contribution >= 0.6 is 23.4 Å². The molecule has 2 N–H and O–H groups in total. The third-order valence-electron chi connectivity index (χ3n) is 2.98. The number of hydrogen-bond donors (Lipinski definition) is 2. The fourth-order valence-corrected chi connectivity index (χ4v) is 3.44. The van der Waals surface area contributed by atoms with E-state index in [4.69, 9.17) is 11.6 Å². The van der Waals surface area contributed by atoms with E-state index < -0.39 is 0 Å². The lowest BCUT2D eigenvalue weighted by Gasteiger charge is -2.23. The maximum Gasteiger partial charge on any atom is 0.157 e. The fourth-order valence-electron chi connectivity index (χ4n) is 1.97. The second-order valence-electron chi connectivity index (χ2n) is 4.39. The van der Waals surface area contributed by atoms with Crippen molar-refractivity contribution in [3.8, 4) is 0 Å². The number of rotatable bonds is 4. The van der Waals surface area contributed by atoms with Crippen LogP contribution in [0.25, 0.3) is 0 Å². The number of hydrogen-bond acceptors (Lipinski definition) is 5. The lowest BCUT2D eigenvalue weighted by molar-refractivity contribution is 0.634. The van der Waals surface area contributed by atoms with Gasteiger partial charge in [0.25, 0.3) is 0 Å². The lowest BCUT2D eigenvalue weighted by atomic mass is 10.1. The summed E-state index contributed by atoms with van der Waals surface area (Å²) in [5.41, 5.74) is 0.765. The van der Waals surface area contributed by atoms with Gasteiger partial charge in [0.15, 0.2) is 11.0 Å². The Morgan fingerprint density at radius 2 is 2.35 bits per heavy atom. The van der Waals surface area contributed by atoms with Gasteiger partial charge >= 0.3 is 0 Å². The van der Waals surface area contributed by atoms with Gasteiger partial charge in [-0.2, -0.15) is 11.8 Å². The highest BCUT2D eigenvalue weighted by molar-refractivity contribution is 8.00. The van der Waals surface area contributed by atoms with Crippen LogP contribution in [0.4, 0.5) is 11.5 Å². The summed E-state index contributed by atoms with van der Waals surface area (Å²) in [4.78, 5) is 8.18. The number of thioether (sulfide) groups is 1. The second-order valence-corrected chi connectivity index (χ2v) is 6.43. The van der Waals surface area contributed by atoms with E-state index in [9.17, 15) is 0 Å². The quantitative estimate of drug-likeness (QED) is 0.826. The van der Waals surface area contributed by atoms with Crippen molar-refractivity contribution >= 4 is 34.9 Å². The van der Waals surface area contributed by atoms with E-state index in [1.54, 1.807) is 0 Å². The molecule has 2 rings (SSSR count). The Morgan fingerprint density at radius 3 is 3.00 bits per heavy atom. The third-order valence-corrected chi connectivity index (χ3v) is 4.81. The van der Waals surface area contributed by atoms with Crippen LogP contribution in [0.15, 0.2) is 6.33 Å². The number of anilines is 2. The minimum Gasteiger partial charge on any atom is -0.383 e. The molecule has 4 nitrogen and oxygen atoms in total. The summed E-state index contributed by atoms with van der Waals surface area (Å²) < 4.78 is 0.308. The molecule has 1 fully saturated rings. The fraction of sp³-hybridized carbons (Fsp3) is 0.636. The van der Waals surface area contributed by atoms with E-state index in [0.29, 0.717) is 9.90 Å². The molecule has 1 aliphatic heterocycles. The minimum atomic E-state index is 0.308. The summed E-state index contributed by atoms with van der Waals surface area (Å²) in [6.07, 6.45) is 4.03. The molecule has 1 aliphatic rings. The zero-order chi connectivity index (χ0) is 12.3. The van der Waals surface area contributed by atoms with Gasteiger partial charge in [0.1, 0.15) is 12.0 Å². The van der Waals surface area contributed by atoms with Crippen molar-refractivity contribution < 1.29 is 0 Å². The average Bonchev–Trinajstić information content (AvgIpc) is 2.74. The molecule has 2 heterocycles. The van der Waals surface area contributed by atoms with Crippen LogP contribution < -0.4 is 10.6 Å². The standard InChI is InChI=1S/C11H17ClN4S/c1-11(4-3-5-17-11)6-14-10-8(13-2)9(12)15-7-16-10/h7,13H,3-6H2,1-2H3,(H,14,15,16). The normalized spacial score (nSPS) is 23.7. The SMILES string of the molecule is CNc1c(Cl)ncnc1NCC1(C)CCCS1. The van der Waals surface area contributed by atoms with E-state index in [1.807, 2.05) is 18.8 Å². The Hall–Kier alpha value is -0.680. The van der Waals surface area contributed by atoms with Crippen LogP contribution in [0.5, 0.6) is 0 Å². The van der Waals surface area contributed by atoms with Gasteiger partial charge in [0.05, 0.1) is 0 Å². The number of aromatic nitrogens is 2. The van der Waals surface area contributed by atoms with Gasteiger partial charge < -0.3 is 10.6 Å². The number of nitrogens with zero attached hydrogens (tertiary/aromatic N) is 2. The van der Waals surface area contributed by atoms with Crippen molar-refractivity contribution in [2.24, 2.45) is 0 Å². The molecule has 0 saturated carbocycles. The summed E-state index contributed by atoms with van der Waals surface area (Å²) in [5, 5.41) is 6.85. The molecule has 1 saturated heterocycles. The van der Waals surface area contributed by atoms with Crippen LogP contribution in [0.2, 0.25) is 5.15 Å². The van der Waals surface area contributed by atoms with Crippen LogP contribution in [0, 0.1) is 0 Å². The molecule has 0 aliphatic carbocycles. The summed E-state index contributed by atoms with van der Waals surface area (Å²) in [6.45, 7) is 3.19. The lowest BCUT2D eigenvalue weighted by Crippen LogP contribution is -2.27. The van der Waals surface area contributed by atoms with Crippen LogP contribution in [-0.4, -0.2) is 34.1 Å². The first-order valence-electron chi connectivity index (χ1n) is 5.71. The van der Waals surface area contributed by atoms with Gasteiger partial charge in [-0.3, -0.25) is 0 Å². The van der Waals surface area contributed by atoms with E-state index in [0.717, 1.165) is 18.1 Å².